The van der Waals surface area contributed by atoms with E-state index in [0.29, 0.717) is 21.4 Å². The van der Waals surface area contributed by atoms with Gasteiger partial charge in [-0.3, -0.25) is 10.1 Å². The number of anilines is 1. The molecule has 0 spiro atoms. The summed E-state index contributed by atoms with van der Waals surface area (Å²) in [6, 6.07) is 8.55. The van der Waals surface area contributed by atoms with Crippen molar-refractivity contribution in [1.82, 2.24) is 10.3 Å². The first-order valence-electron chi connectivity index (χ1n) is 6.31. The van der Waals surface area contributed by atoms with Crippen molar-refractivity contribution < 1.29 is 4.79 Å². The first-order valence-corrected chi connectivity index (χ1v) is 8.26. The molecule has 0 aliphatic rings. The minimum absolute atomic E-state index is 0.150. The number of hydrogen-bond acceptors (Lipinski definition) is 3. The van der Waals surface area contributed by atoms with Gasteiger partial charge in [-0.2, -0.15) is 0 Å². The average Bonchev–Trinajstić information content (AvgIpc) is 2.48. The van der Waals surface area contributed by atoms with E-state index in [9.17, 15) is 4.79 Å². The molecule has 2 aromatic rings. The minimum Gasteiger partial charge on any atom is -0.317 e. The van der Waals surface area contributed by atoms with Crippen molar-refractivity contribution in [3.05, 3.63) is 62.7 Å². The highest BCUT2D eigenvalue weighted by atomic mass is 79.9. The van der Waals surface area contributed by atoms with Crippen LogP contribution in [-0.2, 0) is 4.79 Å². The van der Waals surface area contributed by atoms with Crippen LogP contribution in [0.4, 0.5) is 5.82 Å². The quantitative estimate of drug-likeness (QED) is 0.548. The van der Waals surface area contributed by atoms with Crippen molar-refractivity contribution in [2.24, 2.45) is 0 Å². The SMILES string of the molecule is O=C(/C=C/c1ccc(Cl)cc1Cl)NC(=S)Nc1ccc(Br)cn1. The van der Waals surface area contributed by atoms with Gasteiger partial charge in [-0.25, -0.2) is 4.98 Å². The summed E-state index contributed by atoms with van der Waals surface area (Å²) in [5, 5.41) is 6.47. The van der Waals surface area contributed by atoms with Gasteiger partial charge in [0, 0.05) is 26.8 Å². The summed E-state index contributed by atoms with van der Waals surface area (Å²) in [5.41, 5.74) is 0.680. The van der Waals surface area contributed by atoms with E-state index in [-0.39, 0.29) is 11.0 Å². The van der Waals surface area contributed by atoms with E-state index in [1.807, 2.05) is 6.07 Å². The molecule has 8 heteroatoms. The van der Waals surface area contributed by atoms with E-state index in [0.717, 1.165) is 4.47 Å². The Kier molecular flexibility index (Phi) is 6.53. The van der Waals surface area contributed by atoms with Gasteiger partial charge < -0.3 is 5.32 Å². The highest BCUT2D eigenvalue weighted by molar-refractivity contribution is 9.10. The topological polar surface area (TPSA) is 54.0 Å². The molecule has 4 nitrogen and oxygen atoms in total. The molecule has 0 unspecified atom stereocenters. The van der Waals surface area contributed by atoms with Crippen molar-refractivity contribution >= 4 is 74.3 Å². The van der Waals surface area contributed by atoms with Gasteiger partial charge in [-0.1, -0.05) is 29.3 Å². The lowest BCUT2D eigenvalue weighted by Crippen LogP contribution is -2.33. The maximum atomic E-state index is 11.8. The molecule has 118 valence electrons. The zero-order valence-electron chi connectivity index (χ0n) is 11.5. The molecule has 0 radical (unpaired) electrons. The molecule has 0 atom stereocenters. The van der Waals surface area contributed by atoms with Crippen LogP contribution in [-0.4, -0.2) is 16.0 Å². The second-order valence-corrected chi connectivity index (χ2v) is 6.47. The van der Waals surface area contributed by atoms with Crippen LogP contribution in [0.2, 0.25) is 10.0 Å². The fourth-order valence-corrected chi connectivity index (χ4v) is 2.46. The van der Waals surface area contributed by atoms with Gasteiger partial charge in [0.05, 0.1) is 0 Å². The molecule has 0 aliphatic carbocycles. The van der Waals surface area contributed by atoms with Crippen LogP contribution in [0.3, 0.4) is 0 Å². The Morgan fingerprint density at radius 3 is 2.70 bits per heavy atom. The smallest absolute Gasteiger partial charge is 0.250 e. The predicted octanol–water partition coefficient (Wildman–Crippen LogP) is 4.68. The monoisotopic (exact) mass is 429 g/mol. The largest absolute Gasteiger partial charge is 0.317 e. The summed E-state index contributed by atoms with van der Waals surface area (Å²) in [6.45, 7) is 0. The van der Waals surface area contributed by atoms with Gasteiger partial charge in [0.15, 0.2) is 5.11 Å². The summed E-state index contributed by atoms with van der Waals surface area (Å²) in [6.07, 6.45) is 4.53. The molecular weight excluding hydrogens is 421 g/mol. The number of carbonyl (C=O) groups is 1. The van der Waals surface area contributed by atoms with Crippen molar-refractivity contribution in [1.29, 1.82) is 0 Å². The molecular formula is C15H10BrCl2N3OS. The van der Waals surface area contributed by atoms with Crippen molar-refractivity contribution in [2.45, 2.75) is 0 Å². The highest BCUT2D eigenvalue weighted by Crippen LogP contribution is 2.21. The predicted molar refractivity (Wildman–Crippen MR) is 102 cm³/mol. The summed E-state index contributed by atoms with van der Waals surface area (Å²) in [4.78, 5) is 15.9. The Bertz CT molecular complexity index is 766. The molecule has 0 saturated carbocycles. The van der Waals surface area contributed by atoms with E-state index in [4.69, 9.17) is 35.4 Å². The number of aromatic nitrogens is 1. The Hall–Kier alpha value is -1.47. The summed E-state index contributed by atoms with van der Waals surface area (Å²) < 4.78 is 0.848. The highest BCUT2D eigenvalue weighted by Gasteiger charge is 2.03. The van der Waals surface area contributed by atoms with E-state index in [2.05, 4.69) is 31.5 Å². The maximum Gasteiger partial charge on any atom is 0.250 e. The molecule has 0 aliphatic heterocycles. The molecule has 2 rings (SSSR count). The van der Waals surface area contributed by atoms with Crippen LogP contribution < -0.4 is 10.6 Å². The lowest BCUT2D eigenvalue weighted by Gasteiger charge is -2.07. The van der Waals surface area contributed by atoms with Gasteiger partial charge in [0.1, 0.15) is 5.82 Å². The normalized spacial score (nSPS) is 10.6. The zero-order valence-corrected chi connectivity index (χ0v) is 15.4. The Labute approximate surface area is 157 Å². The number of thiocarbonyl (C=S) groups is 1. The van der Waals surface area contributed by atoms with Crippen molar-refractivity contribution in [3.63, 3.8) is 0 Å². The first kappa shape index (κ1) is 17.9. The number of carbonyl (C=O) groups excluding carboxylic acids is 1. The van der Waals surface area contributed by atoms with Gasteiger partial charge in [0.2, 0.25) is 5.91 Å². The Morgan fingerprint density at radius 1 is 1.26 bits per heavy atom. The number of halogens is 3. The Balaban J connectivity index is 1.92. The van der Waals surface area contributed by atoms with E-state index in [1.165, 1.54) is 6.08 Å². The fourth-order valence-electron chi connectivity index (χ4n) is 1.55. The van der Waals surface area contributed by atoms with E-state index >= 15 is 0 Å². The number of nitrogens with zero attached hydrogens (tertiary/aromatic N) is 1. The van der Waals surface area contributed by atoms with Crippen LogP contribution in [0.1, 0.15) is 5.56 Å². The van der Waals surface area contributed by atoms with Gasteiger partial charge in [0.25, 0.3) is 0 Å². The fraction of sp³-hybridized carbons (Fsp3) is 0. The minimum atomic E-state index is -0.384. The zero-order chi connectivity index (χ0) is 16.8. The average molecular weight is 431 g/mol. The van der Waals surface area contributed by atoms with Gasteiger partial charge in [-0.15, -0.1) is 0 Å². The summed E-state index contributed by atoms with van der Waals surface area (Å²) >= 11 is 20.2. The lowest BCUT2D eigenvalue weighted by atomic mass is 10.2. The van der Waals surface area contributed by atoms with Gasteiger partial charge in [-0.05, 0) is 64.1 Å². The third-order valence-electron chi connectivity index (χ3n) is 2.58. The molecule has 1 aromatic carbocycles. The third kappa shape index (κ3) is 5.91. The van der Waals surface area contributed by atoms with Crippen LogP contribution >= 0.6 is 51.3 Å². The maximum absolute atomic E-state index is 11.8. The molecule has 1 aromatic heterocycles. The standard InChI is InChI=1S/C15H10BrCl2N3OS/c16-10-3-5-13(19-8-10)20-15(23)21-14(22)6-2-9-1-4-11(17)7-12(9)18/h1-8H,(H2,19,20,21,22,23)/b6-2+. The number of rotatable bonds is 3. The number of amides is 1. The lowest BCUT2D eigenvalue weighted by molar-refractivity contribution is -0.115. The molecule has 0 bridgehead atoms. The summed E-state index contributed by atoms with van der Waals surface area (Å²) in [5.74, 6) is 0.147. The van der Waals surface area contributed by atoms with Crippen molar-refractivity contribution in [3.8, 4) is 0 Å². The second-order valence-electron chi connectivity index (χ2n) is 4.30. The van der Waals surface area contributed by atoms with E-state index in [1.54, 1.807) is 36.5 Å². The third-order valence-corrected chi connectivity index (χ3v) is 3.82. The molecule has 1 amide bonds. The van der Waals surface area contributed by atoms with E-state index < -0.39 is 0 Å². The van der Waals surface area contributed by atoms with Crippen LogP contribution in [0, 0.1) is 0 Å². The first-order chi connectivity index (χ1) is 10.9. The van der Waals surface area contributed by atoms with Crippen LogP contribution in [0.15, 0.2) is 47.1 Å². The molecule has 23 heavy (non-hydrogen) atoms. The molecule has 0 fully saturated rings. The number of hydrogen-bond donors (Lipinski definition) is 2. The molecule has 1 heterocycles. The van der Waals surface area contributed by atoms with Crippen LogP contribution in [0.5, 0.6) is 0 Å². The molecule has 2 N–H and O–H groups in total. The Morgan fingerprint density at radius 2 is 2.04 bits per heavy atom. The van der Waals surface area contributed by atoms with Crippen molar-refractivity contribution in [2.75, 3.05) is 5.32 Å². The number of nitrogens with one attached hydrogen (secondary N) is 2. The summed E-state index contributed by atoms with van der Waals surface area (Å²) in [7, 11) is 0. The number of benzene rings is 1. The number of pyridine rings is 1. The molecule has 0 saturated heterocycles. The second kappa shape index (κ2) is 8.40. The van der Waals surface area contributed by atoms with Gasteiger partial charge >= 0.3 is 0 Å². The van der Waals surface area contributed by atoms with Crippen LogP contribution in [0.25, 0.3) is 6.08 Å².